The molecule has 1 N–H and O–H groups in total. The number of benzene rings is 1. The van der Waals surface area contributed by atoms with E-state index in [1.165, 1.54) is 29.2 Å². The molecule has 1 aliphatic rings. The number of morpholine rings is 1. The van der Waals surface area contributed by atoms with E-state index in [1.807, 2.05) is 0 Å². The van der Waals surface area contributed by atoms with Crippen molar-refractivity contribution in [2.45, 2.75) is 12.5 Å². The number of ether oxygens (including phenoxy) is 2. The van der Waals surface area contributed by atoms with Gasteiger partial charge in [0.05, 0.1) is 13.2 Å². The monoisotopic (exact) mass is 345 g/mol. The van der Waals surface area contributed by atoms with Crippen molar-refractivity contribution >= 4 is 18.0 Å². The molecule has 1 aromatic rings. The second-order valence-electron chi connectivity index (χ2n) is 4.90. The molecule has 1 fully saturated rings. The summed E-state index contributed by atoms with van der Waals surface area (Å²) in [5, 5.41) is 8.89. The minimum Gasteiger partial charge on any atom is -0.479 e. The van der Waals surface area contributed by atoms with E-state index in [0.29, 0.717) is 0 Å². The molecule has 9 heteroatoms. The van der Waals surface area contributed by atoms with Crippen LogP contribution in [0.2, 0.25) is 0 Å². The van der Waals surface area contributed by atoms with Crippen molar-refractivity contribution in [2.24, 2.45) is 0 Å². The highest BCUT2D eigenvalue weighted by atomic mass is 19.4. The van der Waals surface area contributed by atoms with E-state index >= 15 is 0 Å². The predicted molar refractivity (Wildman–Crippen MR) is 76.1 cm³/mol. The van der Waals surface area contributed by atoms with E-state index in [0.717, 1.165) is 12.1 Å². The molecule has 1 unspecified atom stereocenters. The van der Waals surface area contributed by atoms with Crippen molar-refractivity contribution in [3.05, 3.63) is 35.9 Å². The average Bonchev–Trinajstić information content (AvgIpc) is 2.52. The van der Waals surface area contributed by atoms with E-state index in [-0.39, 0.29) is 25.3 Å². The Balaban J connectivity index is 2.08. The number of hydrogen-bond donors (Lipinski definition) is 1. The number of carbonyl (C=O) groups is 2. The number of rotatable bonds is 4. The number of halogens is 3. The third kappa shape index (κ3) is 4.98. The molecule has 130 valence electrons. The third-order valence-electron chi connectivity index (χ3n) is 3.20. The number of carboxylic acid groups (broad SMARTS) is 1. The zero-order valence-electron chi connectivity index (χ0n) is 12.3. The Hall–Kier alpha value is -2.55. The van der Waals surface area contributed by atoms with Crippen LogP contribution in [0.3, 0.4) is 0 Å². The summed E-state index contributed by atoms with van der Waals surface area (Å²) < 4.78 is 45.9. The van der Waals surface area contributed by atoms with Gasteiger partial charge in [-0.1, -0.05) is 18.2 Å². The smallest absolute Gasteiger partial charge is 0.479 e. The van der Waals surface area contributed by atoms with Crippen molar-refractivity contribution in [1.29, 1.82) is 0 Å². The zero-order valence-corrected chi connectivity index (χ0v) is 12.3. The van der Waals surface area contributed by atoms with Gasteiger partial charge in [-0.25, -0.2) is 4.79 Å². The summed E-state index contributed by atoms with van der Waals surface area (Å²) >= 11 is 0. The van der Waals surface area contributed by atoms with Crippen LogP contribution in [0, 0.1) is 0 Å². The first-order valence-electron chi connectivity index (χ1n) is 6.92. The highest BCUT2D eigenvalue weighted by Gasteiger charge is 2.32. The lowest BCUT2D eigenvalue weighted by Crippen LogP contribution is -2.48. The quantitative estimate of drug-likeness (QED) is 0.844. The van der Waals surface area contributed by atoms with Crippen molar-refractivity contribution in [3.8, 4) is 5.75 Å². The Bertz CT molecular complexity index is 644. The molecule has 24 heavy (non-hydrogen) atoms. The van der Waals surface area contributed by atoms with E-state index in [9.17, 15) is 22.8 Å². The number of aliphatic carboxylic acids is 1. The van der Waals surface area contributed by atoms with Crippen molar-refractivity contribution in [1.82, 2.24) is 4.90 Å². The van der Waals surface area contributed by atoms with Crippen molar-refractivity contribution in [2.75, 3.05) is 19.7 Å². The standard InChI is InChI=1S/C15H14F3NO5/c16-15(17,18)24-11-4-2-1-3-10(11)5-6-13(20)19-7-8-23-12(9-19)14(21)22/h1-6,12H,7-9H2,(H,21,22)/b6-5+. The number of amides is 1. The Morgan fingerprint density at radius 3 is 2.71 bits per heavy atom. The fraction of sp³-hybridized carbons (Fsp3) is 0.333. The molecule has 1 atom stereocenters. The second kappa shape index (κ2) is 7.35. The average molecular weight is 345 g/mol. The Kier molecular flexibility index (Phi) is 5.45. The SMILES string of the molecule is O=C(O)C1CN(C(=O)/C=C/c2ccccc2OC(F)(F)F)CCO1. The van der Waals surface area contributed by atoms with E-state index in [1.54, 1.807) is 0 Å². The van der Waals surface area contributed by atoms with E-state index in [4.69, 9.17) is 9.84 Å². The maximum absolute atomic E-state index is 12.3. The summed E-state index contributed by atoms with van der Waals surface area (Å²) in [6.45, 7) is 0.150. The van der Waals surface area contributed by atoms with Crippen molar-refractivity contribution in [3.63, 3.8) is 0 Å². The van der Waals surface area contributed by atoms with Crippen LogP contribution in [0.1, 0.15) is 5.56 Å². The maximum atomic E-state index is 12.3. The topological polar surface area (TPSA) is 76.1 Å². The molecule has 2 rings (SSSR count). The number of carbonyl (C=O) groups excluding carboxylic acids is 1. The summed E-state index contributed by atoms with van der Waals surface area (Å²) in [5.74, 6) is -2.13. The molecule has 6 nitrogen and oxygen atoms in total. The van der Waals surface area contributed by atoms with Gasteiger partial charge in [0.1, 0.15) is 5.75 Å². The van der Waals surface area contributed by atoms with Gasteiger partial charge in [-0.3, -0.25) is 4.79 Å². The molecule has 0 radical (unpaired) electrons. The lowest BCUT2D eigenvalue weighted by molar-refractivity contribution is -0.274. The van der Waals surface area contributed by atoms with Gasteiger partial charge in [0.2, 0.25) is 5.91 Å². The largest absolute Gasteiger partial charge is 0.573 e. The fourth-order valence-electron chi connectivity index (χ4n) is 2.10. The van der Waals surface area contributed by atoms with E-state index in [2.05, 4.69) is 4.74 Å². The number of alkyl halides is 3. The van der Waals surface area contributed by atoms with Gasteiger partial charge in [0.15, 0.2) is 6.10 Å². The molecule has 0 spiro atoms. The molecule has 1 heterocycles. The van der Waals surface area contributed by atoms with E-state index < -0.39 is 30.1 Å². The van der Waals surface area contributed by atoms with Crippen LogP contribution in [0.25, 0.3) is 6.08 Å². The van der Waals surface area contributed by atoms with Crippen LogP contribution >= 0.6 is 0 Å². The molecule has 1 saturated heterocycles. The highest BCUT2D eigenvalue weighted by Crippen LogP contribution is 2.27. The minimum absolute atomic E-state index is 0.0737. The van der Waals surface area contributed by atoms with Gasteiger partial charge in [0, 0.05) is 18.2 Å². The van der Waals surface area contributed by atoms with Crippen LogP contribution in [0.15, 0.2) is 30.3 Å². The number of nitrogens with zero attached hydrogens (tertiary/aromatic N) is 1. The lowest BCUT2D eigenvalue weighted by atomic mass is 10.2. The Morgan fingerprint density at radius 2 is 2.04 bits per heavy atom. The zero-order chi connectivity index (χ0) is 17.7. The van der Waals surface area contributed by atoms with Gasteiger partial charge in [-0.2, -0.15) is 0 Å². The molecule has 0 saturated carbocycles. The first-order valence-corrected chi connectivity index (χ1v) is 6.92. The van der Waals surface area contributed by atoms with Gasteiger partial charge in [0.25, 0.3) is 0 Å². The van der Waals surface area contributed by atoms with Crippen LogP contribution in [0.4, 0.5) is 13.2 Å². The molecule has 1 aliphatic heterocycles. The van der Waals surface area contributed by atoms with Crippen LogP contribution in [-0.4, -0.2) is 54.0 Å². The lowest BCUT2D eigenvalue weighted by Gasteiger charge is -2.30. The Morgan fingerprint density at radius 1 is 1.33 bits per heavy atom. The van der Waals surface area contributed by atoms with Crippen LogP contribution in [0.5, 0.6) is 5.75 Å². The van der Waals surface area contributed by atoms with Crippen LogP contribution < -0.4 is 4.74 Å². The number of para-hydroxylation sites is 1. The molecule has 0 aliphatic carbocycles. The fourth-order valence-corrected chi connectivity index (χ4v) is 2.10. The third-order valence-corrected chi connectivity index (χ3v) is 3.20. The normalized spacial score (nSPS) is 18.6. The summed E-state index contributed by atoms with van der Waals surface area (Å²) in [7, 11) is 0. The molecule has 0 aromatic heterocycles. The molecule has 0 bridgehead atoms. The summed E-state index contributed by atoms with van der Waals surface area (Å²) in [6, 6.07) is 5.37. The number of hydrogen-bond acceptors (Lipinski definition) is 4. The van der Waals surface area contributed by atoms with Gasteiger partial charge in [-0.15, -0.1) is 13.2 Å². The second-order valence-corrected chi connectivity index (χ2v) is 4.90. The summed E-state index contributed by atoms with van der Waals surface area (Å²) in [4.78, 5) is 24.2. The molecular weight excluding hydrogens is 331 g/mol. The molecule has 1 aromatic carbocycles. The van der Waals surface area contributed by atoms with Crippen molar-refractivity contribution < 1.29 is 37.3 Å². The van der Waals surface area contributed by atoms with Gasteiger partial charge in [-0.05, 0) is 12.1 Å². The number of carboxylic acids is 1. The van der Waals surface area contributed by atoms with Crippen LogP contribution in [-0.2, 0) is 14.3 Å². The summed E-state index contributed by atoms with van der Waals surface area (Å²) in [6.07, 6.45) is -3.69. The maximum Gasteiger partial charge on any atom is 0.573 e. The molecular formula is C15H14F3NO5. The first kappa shape index (κ1) is 17.8. The highest BCUT2D eigenvalue weighted by molar-refractivity contribution is 5.92. The van der Waals surface area contributed by atoms with Gasteiger partial charge < -0.3 is 19.5 Å². The minimum atomic E-state index is -4.84. The Labute approximate surface area is 135 Å². The molecule has 1 amide bonds. The summed E-state index contributed by atoms with van der Waals surface area (Å²) in [5.41, 5.74) is 0.0752. The first-order chi connectivity index (χ1) is 11.3. The predicted octanol–water partition coefficient (Wildman–Crippen LogP) is 1.91. The van der Waals surface area contributed by atoms with Gasteiger partial charge >= 0.3 is 12.3 Å².